The molecule has 25 heavy (non-hydrogen) atoms. The molecule has 0 bridgehead atoms. The van der Waals surface area contributed by atoms with Gasteiger partial charge < -0.3 is 14.4 Å². The highest BCUT2D eigenvalue weighted by Crippen LogP contribution is 2.28. The largest absolute Gasteiger partial charge is 0.490 e. The van der Waals surface area contributed by atoms with E-state index in [1.807, 2.05) is 6.07 Å². The van der Waals surface area contributed by atoms with Crippen LogP contribution in [0.5, 0.6) is 5.75 Å². The topological polar surface area (TPSA) is 75.5 Å². The summed E-state index contributed by atoms with van der Waals surface area (Å²) >= 11 is 1.19. The molecule has 0 N–H and O–H groups in total. The predicted octanol–water partition coefficient (Wildman–Crippen LogP) is 3.94. The molecule has 2 rings (SSSR count). The third-order valence-corrected chi connectivity index (χ3v) is 4.06. The predicted molar refractivity (Wildman–Crippen MR) is 93.3 cm³/mol. The lowest BCUT2D eigenvalue weighted by Crippen LogP contribution is -2.35. The summed E-state index contributed by atoms with van der Waals surface area (Å²) in [5.74, 6) is -0.414. The van der Waals surface area contributed by atoms with Crippen LogP contribution in [0, 0.1) is 17.1 Å². The molecule has 1 heterocycles. The van der Waals surface area contributed by atoms with E-state index in [1.54, 1.807) is 33.9 Å². The molecule has 0 aliphatic rings. The van der Waals surface area contributed by atoms with E-state index in [-0.39, 0.29) is 17.4 Å². The maximum absolute atomic E-state index is 14.0. The van der Waals surface area contributed by atoms with Gasteiger partial charge in [-0.25, -0.2) is 14.2 Å². The van der Waals surface area contributed by atoms with E-state index in [0.29, 0.717) is 23.2 Å². The summed E-state index contributed by atoms with van der Waals surface area (Å²) in [6, 6.07) is 4.74. The second-order valence-electron chi connectivity index (χ2n) is 6.49. The van der Waals surface area contributed by atoms with Crippen molar-refractivity contribution in [3.63, 3.8) is 0 Å². The number of aromatic nitrogens is 1. The van der Waals surface area contributed by atoms with Crippen LogP contribution in [0.25, 0.3) is 10.2 Å². The number of amides is 1. The molecular weight excluding hydrogens is 345 g/mol. The van der Waals surface area contributed by atoms with Gasteiger partial charge in [-0.1, -0.05) is 0 Å². The van der Waals surface area contributed by atoms with Crippen LogP contribution in [0.3, 0.4) is 0 Å². The van der Waals surface area contributed by atoms with Gasteiger partial charge in [-0.05, 0) is 27.2 Å². The SMILES string of the molecule is CN(CCCOc1cc2sc(C#N)nc2cc1F)C(=O)OC(C)(C)C. The van der Waals surface area contributed by atoms with E-state index in [1.165, 1.54) is 22.3 Å². The third kappa shape index (κ3) is 5.29. The van der Waals surface area contributed by atoms with Gasteiger partial charge in [0.05, 0.1) is 16.8 Å². The molecule has 1 aromatic heterocycles. The summed E-state index contributed by atoms with van der Waals surface area (Å²) < 4.78 is 25.4. The van der Waals surface area contributed by atoms with Crippen LogP contribution in [-0.2, 0) is 4.74 Å². The van der Waals surface area contributed by atoms with Gasteiger partial charge in [-0.3, -0.25) is 0 Å². The molecule has 1 aromatic carbocycles. The first kappa shape index (κ1) is 18.9. The van der Waals surface area contributed by atoms with Gasteiger partial charge in [0, 0.05) is 25.7 Å². The first-order valence-electron chi connectivity index (χ1n) is 7.76. The van der Waals surface area contributed by atoms with E-state index in [0.717, 1.165) is 0 Å². The Morgan fingerprint density at radius 3 is 2.80 bits per heavy atom. The first-order chi connectivity index (χ1) is 11.7. The standard InChI is InChI=1S/C17H20FN3O3S/c1-17(2,3)24-16(22)21(4)6-5-7-23-13-9-14-12(8-11(13)18)20-15(10-19)25-14/h8-9H,5-7H2,1-4H3. The van der Waals surface area contributed by atoms with Gasteiger partial charge in [0.2, 0.25) is 0 Å². The Balaban J connectivity index is 1.87. The van der Waals surface area contributed by atoms with Crippen LogP contribution in [-0.4, -0.2) is 41.8 Å². The van der Waals surface area contributed by atoms with Gasteiger partial charge in [-0.15, -0.1) is 11.3 Å². The molecular formula is C17H20FN3O3S. The molecule has 1 amide bonds. The number of nitriles is 1. The summed E-state index contributed by atoms with van der Waals surface area (Å²) in [5.41, 5.74) is -0.103. The molecule has 0 aliphatic carbocycles. The lowest BCUT2D eigenvalue weighted by atomic mass is 10.2. The minimum Gasteiger partial charge on any atom is -0.490 e. The lowest BCUT2D eigenvalue weighted by Gasteiger charge is -2.24. The van der Waals surface area contributed by atoms with Gasteiger partial charge in [0.1, 0.15) is 11.7 Å². The van der Waals surface area contributed by atoms with Crippen LogP contribution >= 0.6 is 11.3 Å². The minimum absolute atomic E-state index is 0.112. The number of ether oxygens (including phenoxy) is 2. The smallest absolute Gasteiger partial charge is 0.410 e. The Labute approximate surface area is 149 Å². The van der Waals surface area contributed by atoms with Crippen molar-refractivity contribution in [2.75, 3.05) is 20.2 Å². The highest BCUT2D eigenvalue weighted by Gasteiger charge is 2.19. The van der Waals surface area contributed by atoms with Crippen molar-refractivity contribution in [2.24, 2.45) is 0 Å². The second-order valence-corrected chi connectivity index (χ2v) is 7.52. The van der Waals surface area contributed by atoms with Crippen molar-refractivity contribution in [3.8, 4) is 11.8 Å². The van der Waals surface area contributed by atoms with Gasteiger partial charge in [-0.2, -0.15) is 5.26 Å². The summed E-state index contributed by atoms with van der Waals surface area (Å²) in [4.78, 5) is 17.3. The minimum atomic E-state index is -0.544. The Hall–Kier alpha value is -2.40. The van der Waals surface area contributed by atoms with E-state index in [2.05, 4.69) is 4.98 Å². The molecule has 0 fully saturated rings. The van der Waals surface area contributed by atoms with Crippen LogP contribution in [0.1, 0.15) is 32.2 Å². The zero-order valence-corrected chi connectivity index (χ0v) is 15.4. The molecule has 0 saturated carbocycles. The average Bonchev–Trinajstić information content (AvgIpc) is 2.91. The van der Waals surface area contributed by atoms with Crippen LogP contribution in [0.15, 0.2) is 12.1 Å². The number of rotatable bonds is 5. The number of carbonyl (C=O) groups excluding carboxylic acids is 1. The number of halogens is 1. The van der Waals surface area contributed by atoms with Crippen LogP contribution in [0.2, 0.25) is 0 Å². The van der Waals surface area contributed by atoms with Crippen molar-refractivity contribution in [2.45, 2.75) is 32.8 Å². The van der Waals surface area contributed by atoms with Crippen molar-refractivity contribution in [1.82, 2.24) is 9.88 Å². The number of nitrogens with zero attached hydrogens (tertiary/aromatic N) is 3. The van der Waals surface area contributed by atoms with E-state index in [4.69, 9.17) is 14.7 Å². The Morgan fingerprint density at radius 1 is 1.44 bits per heavy atom. The third-order valence-electron chi connectivity index (χ3n) is 3.14. The highest BCUT2D eigenvalue weighted by atomic mass is 32.1. The molecule has 0 saturated heterocycles. The average molecular weight is 365 g/mol. The maximum Gasteiger partial charge on any atom is 0.410 e. The summed E-state index contributed by atoms with van der Waals surface area (Å²) in [6.07, 6.45) is 0.119. The van der Waals surface area contributed by atoms with Gasteiger partial charge in [0.25, 0.3) is 0 Å². The van der Waals surface area contributed by atoms with Crippen LogP contribution in [0.4, 0.5) is 9.18 Å². The fraction of sp³-hybridized carbons (Fsp3) is 0.471. The quantitative estimate of drug-likeness (QED) is 0.750. The van der Waals surface area contributed by atoms with Crippen molar-refractivity contribution in [3.05, 3.63) is 23.0 Å². The number of fused-ring (bicyclic) bond motifs is 1. The number of hydrogen-bond acceptors (Lipinski definition) is 6. The Morgan fingerprint density at radius 2 is 2.16 bits per heavy atom. The van der Waals surface area contributed by atoms with Gasteiger partial charge >= 0.3 is 6.09 Å². The van der Waals surface area contributed by atoms with Crippen molar-refractivity contribution < 1.29 is 18.7 Å². The second kappa shape index (κ2) is 7.66. The molecule has 0 radical (unpaired) electrons. The number of hydrogen-bond donors (Lipinski definition) is 0. The molecule has 0 atom stereocenters. The van der Waals surface area contributed by atoms with E-state index >= 15 is 0 Å². The molecule has 0 aliphatic heterocycles. The normalized spacial score (nSPS) is 11.2. The summed E-state index contributed by atoms with van der Waals surface area (Å²) in [6.45, 7) is 6.09. The zero-order chi connectivity index (χ0) is 18.6. The summed E-state index contributed by atoms with van der Waals surface area (Å²) in [5, 5.41) is 9.13. The Bertz CT molecular complexity index is 808. The monoisotopic (exact) mass is 365 g/mol. The van der Waals surface area contributed by atoms with Crippen molar-refractivity contribution in [1.29, 1.82) is 5.26 Å². The Kier molecular flexibility index (Phi) is 5.80. The molecule has 134 valence electrons. The molecule has 2 aromatic rings. The first-order valence-corrected chi connectivity index (χ1v) is 8.58. The molecule has 0 unspecified atom stereocenters. The molecule has 6 nitrogen and oxygen atoms in total. The van der Waals surface area contributed by atoms with E-state index < -0.39 is 17.5 Å². The zero-order valence-electron chi connectivity index (χ0n) is 14.6. The molecule has 8 heteroatoms. The van der Waals surface area contributed by atoms with Crippen LogP contribution < -0.4 is 4.74 Å². The van der Waals surface area contributed by atoms with Crippen molar-refractivity contribution >= 4 is 27.6 Å². The number of benzene rings is 1. The fourth-order valence-corrected chi connectivity index (χ4v) is 2.78. The fourth-order valence-electron chi connectivity index (χ4n) is 2.00. The summed E-state index contributed by atoms with van der Waals surface area (Å²) in [7, 11) is 1.64. The maximum atomic E-state index is 14.0. The number of thiazole rings is 1. The molecule has 0 spiro atoms. The van der Waals surface area contributed by atoms with E-state index in [9.17, 15) is 9.18 Å². The van der Waals surface area contributed by atoms with Gasteiger partial charge in [0.15, 0.2) is 16.6 Å². The highest BCUT2D eigenvalue weighted by molar-refractivity contribution is 7.19. The number of carbonyl (C=O) groups is 1. The lowest BCUT2D eigenvalue weighted by molar-refractivity contribution is 0.0292.